The number of aromatic nitrogens is 2. The molecule has 1 aromatic heterocycles. The molecule has 12 heavy (non-hydrogen) atoms. The van der Waals surface area contributed by atoms with E-state index in [1.165, 1.54) is 0 Å². The maximum atomic E-state index is 5.44. The highest BCUT2D eigenvalue weighted by Crippen LogP contribution is 2.15. The molecule has 66 valence electrons. The Morgan fingerprint density at radius 1 is 1.58 bits per heavy atom. The molecule has 0 unspecified atom stereocenters. The number of ether oxygens (including phenoxy) is 1. The van der Waals surface area contributed by atoms with Crippen molar-refractivity contribution in [1.29, 1.82) is 0 Å². The number of methoxy groups -OCH3 is 1. The highest BCUT2D eigenvalue weighted by molar-refractivity contribution is 7.98. The summed E-state index contributed by atoms with van der Waals surface area (Å²) in [5.41, 5.74) is 6.24. The summed E-state index contributed by atoms with van der Waals surface area (Å²) in [6.45, 7) is 0.409. The lowest BCUT2D eigenvalue weighted by Gasteiger charge is -2.02. The van der Waals surface area contributed by atoms with Crippen molar-refractivity contribution in [3.05, 3.63) is 11.8 Å². The second kappa shape index (κ2) is 4.27. The van der Waals surface area contributed by atoms with Gasteiger partial charge in [0.25, 0.3) is 0 Å². The number of hydrogen-bond donors (Lipinski definition) is 1. The van der Waals surface area contributed by atoms with E-state index in [0.29, 0.717) is 12.6 Å². The number of thioether (sulfide) groups is 1. The van der Waals surface area contributed by atoms with Crippen molar-refractivity contribution in [3.63, 3.8) is 0 Å². The quantitative estimate of drug-likeness (QED) is 0.554. The van der Waals surface area contributed by atoms with Crippen LogP contribution in [0, 0.1) is 0 Å². The van der Waals surface area contributed by atoms with Crippen molar-refractivity contribution < 1.29 is 4.74 Å². The standard InChI is InChI=1S/C7H11N3OS/c1-11-7-9-5(4-8)3-6(10-7)12-2/h3H,4,8H2,1-2H3. The summed E-state index contributed by atoms with van der Waals surface area (Å²) in [6, 6.07) is 2.23. The van der Waals surface area contributed by atoms with Crippen LogP contribution in [0.2, 0.25) is 0 Å². The minimum atomic E-state index is 0.377. The first-order chi connectivity index (χ1) is 5.80. The molecule has 0 saturated heterocycles. The lowest BCUT2D eigenvalue weighted by molar-refractivity contribution is 0.374. The maximum absolute atomic E-state index is 5.44. The van der Waals surface area contributed by atoms with Gasteiger partial charge in [0.05, 0.1) is 12.8 Å². The van der Waals surface area contributed by atoms with E-state index in [1.54, 1.807) is 18.9 Å². The third-order valence-electron chi connectivity index (χ3n) is 1.34. The fourth-order valence-electron chi connectivity index (χ4n) is 0.750. The SMILES string of the molecule is COc1nc(CN)cc(SC)n1. The molecule has 0 aliphatic carbocycles. The minimum absolute atomic E-state index is 0.377. The van der Waals surface area contributed by atoms with Gasteiger partial charge in [-0.15, -0.1) is 11.8 Å². The largest absolute Gasteiger partial charge is 0.467 e. The van der Waals surface area contributed by atoms with E-state index in [0.717, 1.165) is 10.7 Å². The minimum Gasteiger partial charge on any atom is -0.467 e. The van der Waals surface area contributed by atoms with Crippen molar-refractivity contribution >= 4 is 11.8 Å². The van der Waals surface area contributed by atoms with Gasteiger partial charge in [-0.25, -0.2) is 0 Å². The van der Waals surface area contributed by atoms with Crippen LogP contribution in [0.25, 0.3) is 0 Å². The van der Waals surface area contributed by atoms with Gasteiger partial charge < -0.3 is 10.5 Å². The van der Waals surface area contributed by atoms with Crippen molar-refractivity contribution in [1.82, 2.24) is 9.97 Å². The Morgan fingerprint density at radius 2 is 2.33 bits per heavy atom. The molecule has 1 rings (SSSR count). The lowest BCUT2D eigenvalue weighted by atomic mass is 10.4. The van der Waals surface area contributed by atoms with Crippen molar-refractivity contribution in [2.24, 2.45) is 5.73 Å². The topological polar surface area (TPSA) is 61.0 Å². The molecule has 0 bridgehead atoms. The second-order valence-corrected chi connectivity index (χ2v) is 2.92. The molecule has 5 heteroatoms. The van der Waals surface area contributed by atoms with Gasteiger partial charge >= 0.3 is 6.01 Å². The van der Waals surface area contributed by atoms with E-state index in [4.69, 9.17) is 10.5 Å². The van der Waals surface area contributed by atoms with Crippen LogP contribution >= 0.6 is 11.8 Å². The van der Waals surface area contributed by atoms with Crippen LogP contribution in [0.5, 0.6) is 6.01 Å². The van der Waals surface area contributed by atoms with Crippen LogP contribution in [0.4, 0.5) is 0 Å². The Morgan fingerprint density at radius 3 is 2.83 bits per heavy atom. The molecule has 0 fully saturated rings. The fourth-order valence-corrected chi connectivity index (χ4v) is 1.17. The van der Waals surface area contributed by atoms with E-state index in [-0.39, 0.29) is 0 Å². The summed E-state index contributed by atoms with van der Waals surface area (Å²) in [7, 11) is 1.54. The molecule has 0 atom stereocenters. The van der Waals surface area contributed by atoms with E-state index in [1.807, 2.05) is 12.3 Å². The van der Waals surface area contributed by atoms with Gasteiger partial charge in [0.2, 0.25) is 0 Å². The molecule has 0 aliphatic rings. The van der Waals surface area contributed by atoms with Gasteiger partial charge in [-0.3, -0.25) is 0 Å². The van der Waals surface area contributed by atoms with Crippen LogP contribution in [0.1, 0.15) is 5.69 Å². The van der Waals surface area contributed by atoms with Crippen molar-refractivity contribution in [3.8, 4) is 6.01 Å². The predicted octanol–water partition coefficient (Wildman–Crippen LogP) is 0.666. The number of hydrogen-bond acceptors (Lipinski definition) is 5. The molecule has 0 saturated carbocycles. The first-order valence-corrected chi connectivity index (χ1v) is 4.68. The third kappa shape index (κ3) is 2.09. The smallest absolute Gasteiger partial charge is 0.317 e. The molecule has 0 radical (unpaired) electrons. The average Bonchev–Trinajstić information content (AvgIpc) is 2.16. The van der Waals surface area contributed by atoms with Gasteiger partial charge in [0.15, 0.2) is 0 Å². The molecule has 0 spiro atoms. The highest BCUT2D eigenvalue weighted by Gasteiger charge is 2.01. The molecule has 0 aliphatic heterocycles. The zero-order valence-corrected chi connectivity index (χ0v) is 7.89. The molecule has 1 aromatic rings. The Kier molecular flexibility index (Phi) is 3.31. The molecule has 2 N–H and O–H groups in total. The fraction of sp³-hybridized carbons (Fsp3) is 0.429. The molecular weight excluding hydrogens is 174 g/mol. The highest BCUT2D eigenvalue weighted by atomic mass is 32.2. The van der Waals surface area contributed by atoms with E-state index < -0.39 is 0 Å². The zero-order chi connectivity index (χ0) is 8.97. The summed E-state index contributed by atoms with van der Waals surface area (Å²) >= 11 is 1.54. The number of nitrogens with two attached hydrogens (primary N) is 1. The molecule has 0 amide bonds. The van der Waals surface area contributed by atoms with Gasteiger partial charge in [-0.2, -0.15) is 9.97 Å². The van der Waals surface area contributed by atoms with Gasteiger partial charge in [-0.1, -0.05) is 0 Å². The Hall–Kier alpha value is -0.810. The van der Waals surface area contributed by atoms with Gasteiger partial charge in [0, 0.05) is 6.54 Å². The zero-order valence-electron chi connectivity index (χ0n) is 7.07. The summed E-state index contributed by atoms with van der Waals surface area (Å²) in [4.78, 5) is 8.14. The van der Waals surface area contributed by atoms with Crippen LogP contribution in [-0.4, -0.2) is 23.3 Å². The van der Waals surface area contributed by atoms with Gasteiger partial charge in [0.1, 0.15) is 5.03 Å². The third-order valence-corrected chi connectivity index (χ3v) is 1.96. The second-order valence-electron chi connectivity index (χ2n) is 2.09. The summed E-state index contributed by atoms with van der Waals surface area (Å²) in [6.07, 6.45) is 1.95. The maximum Gasteiger partial charge on any atom is 0.317 e. The van der Waals surface area contributed by atoms with Crippen LogP contribution in [0.3, 0.4) is 0 Å². The lowest BCUT2D eigenvalue weighted by Crippen LogP contribution is -2.03. The monoisotopic (exact) mass is 185 g/mol. The summed E-state index contributed by atoms with van der Waals surface area (Å²) < 4.78 is 4.91. The Bertz CT molecular complexity index is 212. The Balaban J connectivity index is 3.01. The van der Waals surface area contributed by atoms with Gasteiger partial charge in [-0.05, 0) is 12.3 Å². The van der Waals surface area contributed by atoms with Crippen LogP contribution in [0.15, 0.2) is 11.1 Å². The first-order valence-electron chi connectivity index (χ1n) is 3.46. The van der Waals surface area contributed by atoms with Crippen LogP contribution in [-0.2, 0) is 6.54 Å². The number of rotatable bonds is 3. The first kappa shape index (κ1) is 9.28. The Labute approximate surface area is 75.5 Å². The number of nitrogens with zero attached hydrogens (tertiary/aromatic N) is 2. The van der Waals surface area contributed by atoms with E-state index >= 15 is 0 Å². The predicted molar refractivity (Wildman–Crippen MR) is 48.3 cm³/mol. The molecule has 4 nitrogen and oxygen atoms in total. The van der Waals surface area contributed by atoms with E-state index in [9.17, 15) is 0 Å². The molecular formula is C7H11N3OS. The van der Waals surface area contributed by atoms with Crippen molar-refractivity contribution in [2.75, 3.05) is 13.4 Å². The normalized spacial score (nSPS) is 9.92. The van der Waals surface area contributed by atoms with E-state index in [2.05, 4.69) is 9.97 Å². The summed E-state index contributed by atoms with van der Waals surface area (Å²) in [5, 5.41) is 0.877. The molecule has 0 aromatic carbocycles. The average molecular weight is 185 g/mol. The molecule has 1 heterocycles. The summed E-state index contributed by atoms with van der Waals surface area (Å²) in [5.74, 6) is 0. The van der Waals surface area contributed by atoms with Crippen LogP contribution < -0.4 is 10.5 Å². The van der Waals surface area contributed by atoms with Crippen molar-refractivity contribution in [2.45, 2.75) is 11.6 Å².